The zero-order valence-electron chi connectivity index (χ0n) is 11.9. The molecule has 0 aliphatic carbocycles. The fourth-order valence-corrected chi connectivity index (χ4v) is 1.50. The summed E-state index contributed by atoms with van der Waals surface area (Å²) in [4.78, 5) is 11.8. The largest absolute Gasteiger partial charge is 0.433 e. The van der Waals surface area contributed by atoms with Crippen molar-refractivity contribution < 1.29 is 18.3 Å². The van der Waals surface area contributed by atoms with Gasteiger partial charge in [-0.2, -0.15) is 8.78 Å². The molecule has 0 bridgehead atoms. The lowest BCUT2D eigenvalue weighted by molar-refractivity contribution is -0.121. The van der Waals surface area contributed by atoms with Crippen LogP contribution in [0.1, 0.15) is 27.2 Å². The minimum atomic E-state index is -2.90. The normalized spacial score (nSPS) is 11.3. The van der Waals surface area contributed by atoms with E-state index in [9.17, 15) is 13.6 Å². The average Bonchev–Trinajstić information content (AvgIpc) is 2.36. The lowest BCUT2D eigenvalue weighted by atomic mass is 10.0. The smallest absolute Gasteiger partial charge is 0.387 e. The molecule has 0 atom stereocenters. The Bertz CT molecular complexity index is 451. The number of carbonyl (C=O) groups is 1. The van der Waals surface area contributed by atoms with Crippen LogP contribution in [0.3, 0.4) is 0 Å². The van der Waals surface area contributed by atoms with E-state index in [1.807, 2.05) is 20.8 Å². The van der Waals surface area contributed by atoms with Gasteiger partial charge >= 0.3 is 6.61 Å². The van der Waals surface area contributed by atoms with Gasteiger partial charge in [-0.25, -0.2) is 0 Å². The minimum absolute atomic E-state index is 0.00690. The molecule has 1 rings (SSSR count). The summed E-state index contributed by atoms with van der Waals surface area (Å²) in [5.41, 5.74) is 0.0647. The summed E-state index contributed by atoms with van der Waals surface area (Å²) in [5, 5.41) is 5.64. The topological polar surface area (TPSA) is 50.4 Å². The summed E-state index contributed by atoms with van der Waals surface area (Å²) in [5.74, 6) is -0.186. The highest BCUT2D eigenvalue weighted by Gasteiger charge is 2.17. The Morgan fingerprint density at radius 3 is 2.60 bits per heavy atom. The van der Waals surface area contributed by atoms with Crippen molar-refractivity contribution in [2.45, 2.75) is 39.3 Å². The predicted octanol–water partition coefficient (Wildman–Crippen LogP) is 3.00. The van der Waals surface area contributed by atoms with Gasteiger partial charge in [-0.3, -0.25) is 4.79 Å². The van der Waals surface area contributed by atoms with Crippen LogP contribution >= 0.6 is 0 Å². The van der Waals surface area contributed by atoms with E-state index in [1.165, 1.54) is 6.07 Å². The first-order valence-electron chi connectivity index (χ1n) is 6.43. The quantitative estimate of drug-likeness (QED) is 0.810. The maximum atomic E-state index is 12.2. The lowest BCUT2D eigenvalue weighted by Crippen LogP contribution is -2.45. The van der Waals surface area contributed by atoms with Crippen LogP contribution in [0.5, 0.6) is 5.75 Å². The van der Waals surface area contributed by atoms with Crippen molar-refractivity contribution in [3.8, 4) is 5.75 Å². The third-order valence-corrected chi connectivity index (χ3v) is 2.90. The molecule has 0 aliphatic heterocycles. The average molecular weight is 286 g/mol. The van der Waals surface area contributed by atoms with Gasteiger partial charge in [0, 0.05) is 5.54 Å². The SMILES string of the molecule is CCC(C)(C)NC(=O)CNc1ccccc1OC(F)F. The van der Waals surface area contributed by atoms with Gasteiger partial charge < -0.3 is 15.4 Å². The van der Waals surface area contributed by atoms with Gasteiger partial charge in [0.25, 0.3) is 0 Å². The highest BCUT2D eigenvalue weighted by molar-refractivity contribution is 5.81. The number of hydrogen-bond donors (Lipinski definition) is 2. The fourth-order valence-electron chi connectivity index (χ4n) is 1.50. The van der Waals surface area contributed by atoms with Gasteiger partial charge in [0.1, 0.15) is 5.75 Å². The van der Waals surface area contributed by atoms with Crippen molar-refractivity contribution in [1.82, 2.24) is 5.32 Å². The van der Waals surface area contributed by atoms with Crippen LogP contribution in [-0.4, -0.2) is 24.6 Å². The molecule has 1 amide bonds. The van der Waals surface area contributed by atoms with E-state index in [0.29, 0.717) is 5.69 Å². The highest BCUT2D eigenvalue weighted by Crippen LogP contribution is 2.25. The van der Waals surface area contributed by atoms with E-state index in [1.54, 1.807) is 18.2 Å². The number of anilines is 1. The van der Waals surface area contributed by atoms with E-state index in [4.69, 9.17) is 0 Å². The molecule has 0 aromatic heterocycles. The van der Waals surface area contributed by atoms with Gasteiger partial charge in [-0.15, -0.1) is 0 Å². The van der Waals surface area contributed by atoms with Crippen LogP contribution < -0.4 is 15.4 Å². The molecule has 0 unspecified atom stereocenters. The zero-order chi connectivity index (χ0) is 15.2. The summed E-state index contributed by atoms with van der Waals surface area (Å²) in [7, 11) is 0. The number of rotatable bonds is 7. The molecule has 112 valence electrons. The molecule has 0 fully saturated rings. The van der Waals surface area contributed by atoms with E-state index in [0.717, 1.165) is 6.42 Å². The Morgan fingerprint density at radius 1 is 1.35 bits per heavy atom. The van der Waals surface area contributed by atoms with Crippen LogP contribution in [-0.2, 0) is 4.79 Å². The van der Waals surface area contributed by atoms with Gasteiger partial charge in [0.05, 0.1) is 12.2 Å². The van der Waals surface area contributed by atoms with E-state index >= 15 is 0 Å². The Labute approximate surface area is 117 Å². The van der Waals surface area contributed by atoms with Gasteiger partial charge in [0.15, 0.2) is 0 Å². The second-order valence-corrected chi connectivity index (χ2v) is 5.01. The first kappa shape index (κ1) is 16.2. The van der Waals surface area contributed by atoms with E-state index in [-0.39, 0.29) is 23.7 Å². The van der Waals surface area contributed by atoms with Crippen LogP contribution in [0.15, 0.2) is 24.3 Å². The number of alkyl halides is 2. The van der Waals surface area contributed by atoms with Gasteiger partial charge in [0.2, 0.25) is 5.91 Å². The maximum absolute atomic E-state index is 12.2. The van der Waals surface area contributed by atoms with Crippen LogP contribution in [0, 0.1) is 0 Å². The van der Waals surface area contributed by atoms with E-state index < -0.39 is 6.61 Å². The number of halogens is 2. The third-order valence-electron chi connectivity index (χ3n) is 2.90. The molecule has 2 N–H and O–H groups in total. The molecule has 0 heterocycles. The van der Waals surface area contributed by atoms with Crippen LogP contribution in [0.2, 0.25) is 0 Å². The number of para-hydroxylation sites is 2. The number of amides is 1. The molecule has 0 aliphatic rings. The van der Waals surface area contributed by atoms with Crippen molar-refractivity contribution in [1.29, 1.82) is 0 Å². The molecule has 0 saturated heterocycles. The molecule has 1 aromatic rings. The minimum Gasteiger partial charge on any atom is -0.433 e. The number of nitrogens with one attached hydrogen (secondary N) is 2. The third kappa shape index (κ3) is 5.42. The van der Waals surface area contributed by atoms with Crippen LogP contribution in [0.25, 0.3) is 0 Å². The molecular weight excluding hydrogens is 266 g/mol. The van der Waals surface area contributed by atoms with Gasteiger partial charge in [-0.05, 0) is 32.4 Å². The Balaban J connectivity index is 2.59. The fraction of sp³-hybridized carbons (Fsp3) is 0.500. The first-order chi connectivity index (χ1) is 9.34. The molecule has 0 radical (unpaired) electrons. The summed E-state index contributed by atoms with van der Waals surface area (Å²) < 4.78 is 28.8. The van der Waals surface area contributed by atoms with Crippen molar-refractivity contribution in [2.24, 2.45) is 0 Å². The van der Waals surface area contributed by atoms with Crippen molar-refractivity contribution >= 4 is 11.6 Å². The Morgan fingerprint density at radius 2 is 2.00 bits per heavy atom. The molecule has 6 heteroatoms. The number of carbonyl (C=O) groups excluding carboxylic acids is 1. The van der Waals surface area contributed by atoms with Crippen LogP contribution in [0.4, 0.5) is 14.5 Å². The summed E-state index contributed by atoms with van der Waals surface area (Å²) in [6.45, 7) is 2.90. The molecule has 4 nitrogen and oxygen atoms in total. The maximum Gasteiger partial charge on any atom is 0.387 e. The molecular formula is C14H20F2N2O2. The first-order valence-corrected chi connectivity index (χ1v) is 6.43. The molecule has 1 aromatic carbocycles. The zero-order valence-corrected chi connectivity index (χ0v) is 11.9. The molecule has 0 saturated carbocycles. The molecule has 0 spiro atoms. The van der Waals surface area contributed by atoms with Gasteiger partial charge in [-0.1, -0.05) is 19.1 Å². The Kier molecular flexibility index (Phi) is 5.73. The summed E-state index contributed by atoms with van der Waals surface area (Å²) >= 11 is 0. The second-order valence-electron chi connectivity index (χ2n) is 5.01. The lowest BCUT2D eigenvalue weighted by Gasteiger charge is -2.24. The summed E-state index contributed by atoms with van der Waals surface area (Å²) in [6.07, 6.45) is 0.795. The molecule has 20 heavy (non-hydrogen) atoms. The van der Waals surface area contributed by atoms with Crippen molar-refractivity contribution in [3.05, 3.63) is 24.3 Å². The van der Waals surface area contributed by atoms with Crippen molar-refractivity contribution in [2.75, 3.05) is 11.9 Å². The van der Waals surface area contributed by atoms with Crippen molar-refractivity contribution in [3.63, 3.8) is 0 Å². The number of ether oxygens (including phenoxy) is 1. The predicted molar refractivity (Wildman–Crippen MR) is 74.1 cm³/mol. The standard InChI is InChI=1S/C14H20F2N2O2/c1-4-14(2,3)18-12(19)9-17-10-7-5-6-8-11(10)20-13(15)16/h5-8,13,17H,4,9H2,1-3H3,(H,18,19). The number of benzene rings is 1. The number of hydrogen-bond acceptors (Lipinski definition) is 3. The second kappa shape index (κ2) is 7.07. The highest BCUT2D eigenvalue weighted by atomic mass is 19.3. The Hall–Kier alpha value is -1.85. The summed E-state index contributed by atoms with van der Waals surface area (Å²) in [6, 6.07) is 6.26. The monoisotopic (exact) mass is 286 g/mol. The van der Waals surface area contributed by atoms with E-state index in [2.05, 4.69) is 15.4 Å².